The van der Waals surface area contributed by atoms with Gasteiger partial charge in [0, 0.05) is 25.7 Å². The molecule has 1 heterocycles. The summed E-state index contributed by atoms with van der Waals surface area (Å²) >= 11 is 0. The second-order valence-electron chi connectivity index (χ2n) is 5.93. The lowest BCUT2D eigenvalue weighted by Gasteiger charge is -2.30. The summed E-state index contributed by atoms with van der Waals surface area (Å²) in [5.41, 5.74) is 0. The third-order valence-corrected chi connectivity index (χ3v) is 4.29. The van der Waals surface area contributed by atoms with Gasteiger partial charge in [-0.2, -0.15) is 5.10 Å². The van der Waals surface area contributed by atoms with Crippen LogP contribution in [0.5, 0.6) is 0 Å². The molecule has 1 fully saturated rings. The molecule has 0 bridgehead atoms. The SMILES string of the molecule is O=C(NCCCn1cncn1)NC(CCO)C1CCCCC1. The van der Waals surface area contributed by atoms with Gasteiger partial charge < -0.3 is 15.7 Å². The van der Waals surface area contributed by atoms with Gasteiger partial charge in [-0.25, -0.2) is 9.78 Å². The van der Waals surface area contributed by atoms with E-state index < -0.39 is 0 Å². The first kappa shape index (κ1) is 16.7. The zero-order valence-electron chi connectivity index (χ0n) is 13.1. The van der Waals surface area contributed by atoms with Gasteiger partial charge in [-0.1, -0.05) is 19.3 Å². The van der Waals surface area contributed by atoms with Crippen molar-refractivity contribution in [3.63, 3.8) is 0 Å². The number of aliphatic hydroxyl groups is 1. The number of amides is 2. The fraction of sp³-hybridized carbons (Fsp3) is 0.800. The lowest BCUT2D eigenvalue weighted by atomic mass is 9.83. The van der Waals surface area contributed by atoms with Crippen molar-refractivity contribution in [3.05, 3.63) is 12.7 Å². The van der Waals surface area contributed by atoms with Gasteiger partial charge in [0.1, 0.15) is 12.7 Å². The minimum Gasteiger partial charge on any atom is -0.396 e. The van der Waals surface area contributed by atoms with E-state index in [0.29, 0.717) is 18.9 Å². The number of hydrogen-bond donors (Lipinski definition) is 3. The predicted octanol–water partition coefficient (Wildman–Crippen LogP) is 1.30. The molecule has 0 spiro atoms. The molecule has 1 aromatic heterocycles. The maximum absolute atomic E-state index is 12.0. The van der Waals surface area contributed by atoms with Gasteiger partial charge in [0.25, 0.3) is 0 Å². The first-order valence-corrected chi connectivity index (χ1v) is 8.27. The lowest BCUT2D eigenvalue weighted by molar-refractivity contribution is 0.196. The van der Waals surface area contributed by atoms with E-state index in [1.54, 1.807) is 11.0 Å². The van der Waals surface area contributed by atoms with Crippen LogP contribution in [0, 0.1) is 5.92 Å². The van der Waals surface area contributed by atoms with Gasteiger partial charge in [0.05, 0.1) is 0 Å². The summed E-state index contributed by atoms with van der Waals surface area (Å²) < 4.78 is 1.75. The Hall–Kier alpha value is -1.63. The average molecular weight is 309 g/mol. The molecule has 22 heavy (non-hydrogen) atoms. The van der Waals surface area contributed by atoms with Crippen molar-refractivity contribution in [2.24, 2.45) is 5.92 Å². The first-order chi connectivity index (χ1) is 10.8. The molecule has 0 saturated heterocycles. The molecule has 0 aromatic carbocycles. The van der Waals surface area contributed by atoms with E-state index in [9.17, 15) is 9.90 Å². The van der Waals surface area contributed by atoms with E-state index in [1.807, 2.05) is 0 Å². The maximum Gasteiger partial charge on any atom is 0.315 e. The number of aryl methyl sites for hydroxylation is 1. The van der Waals surface area contributed by atoms with Crippen LogP contribution in [0.15, 0.2) is 12.7 Å². The summed E-state index contributed by atoms with van der Waals surface area (Å²) in [5.74, 6) is 0.502. The summed E-state index contributed by atoms with van der Waals surface area (Å²) in [6.45, 7) is 1.46. The van der Waals surface area contributed by atoms with E-state index in [4.69, 9.17) is 0 Å². The highest BCUT2D eigenvalue weighted by molar-refractivity contribution is 5.74. The topological polar surface area (TPSA) is 92.1 Å². The number of aliphatic hydroxyl groups excluding tert-OH is 1. The van der Waals surface area contributed by atoms with Crippen LogP contribution in [-0.4, -0.2) is 45.1 Å². The van der Waals surface area contributed by atoms with Gasteiger partial charge in [-0.15, -0.1) is 0 Å². The fourth-order valence-electron chi connectivity index (χ4n) is 3.11. The molecule has 1 saturated carbocycles. The molecule has 2 rings (SSSR count). The third kappa shape index (κ3) is 5.63. The summed E-state index contributed by atoms with van der Waals surface area (Å²) in [7, 11) is 0. The molecule has 1 atom stereocenters. The van der Waals surface area contributed by atoms with Crippen molar-refractivity contribution in [1.29, 1.82) is 0 Å². The smallest absolute Gasteiger partial charge is 0.315 e. The second-order valence-corrected chi connectivity index (χ2v) is 5.93. The summed E-state index contributed by atoms with van der Waals surface area (Å²) in [6, 6.07) is -0.0526. The molecular weight excluding hydrogens is 282 g/mol. The van der Waals surface area contributed by atoms with E-state index in [2.05, 4.69) is 20.7 Å². The monoisotopic (exact) mass is 309 g/mol. The van der Waals surface area contributed by atoms with Crippen LogP contribution < -0.4 is 10.6 Å². The van der Waals surface area contributed by atoms with Crippen LogP contribution in [0.4, 0.5) is 4.79 Å². The van der Waals surface area contributed by atoms with E-state index in [-0.39, 0.29) is 18.7 Å². The Morgan fingerprint density at radius 1 is 1.36 bits per heavy atom. The van der Waals surface area contributed by atoms with E-state index in [0.717, 1.165) is 25.8 Å². The highest BCUT2D eigenvalue weighted by atomic mass is 16.3. The first-order valence-electron chi connectivity index (χ1n) is 8.27. The minimum atomic E-state index is -0.136. The average Bonchev–Trinajstić information content (AvgIpc) is 3.05. The Kier molecular flexibility index (Phi) is 7.15. The van der Waals surface area contributed by atoms with Crippen LogP contribution in [0.1, 0.15) is 44.9 Å². The molecule has 0 radical (unpaired) electrons. The largest absolute Gasteiger partial charge is 0.396 e. The number of urea groups is 1. The van der Waals surface area contributed by atoms with Crippen molar-refractivity contribution in [1.82, 2.24) is 25.4 Å². The Morgan fingerprint density at radius 2 is 2.18 bits per heavy atom. The molecule has 3 N–H and O–H groups in total. The zero-order chi connectivity index (χ0) is 15.6. The lowest BCUT2D eigenvalue weighted by Crippen LogP contribution is -2.46. The quantitative estimate of drug-likeness (QED) is 0.631. The highest BCUT2D eigenvalue weighted by Crippen LogP contribution is 2.27. The number of nitrogens with one attached hydrogen (secondary N) is 2. The molecule has 1 aliphatic carbocycles. The highest BCUT2D eigenvalue weighted by Gasteiger charge is 2.24. The van der Waals surface area contributed by atoms with Gasteiger partial charge in [0.2, 0.25) is 0 Å². The number of aromatic nitrogens is 3. The van der Waals surface area contributed by atoms with Crippen LogP contribution in [0.3, 0.4) is 0 Å². The number of carbonyl (C=O) groups excluding carboxylic acids is 1. The summed E-state index contributed by atoms with van der Waals surface area (Å²) in [4.78, 5) is 15.9. The number of rotatable bonds is 8. The predicted molar refractivity (Wildman–Crippen MR) is 83.2 cm³/mol. The van der Waals surface area contributed by atoms with Crippen molar-refractivity contribution in [2.75, 3.05) is 13.2 Å². The third-order valence-electron chi connectivity index (χ3n) is 4.29. The number of carbonyl (C=O) groups is 1. The summed E-state index contributed by atoms with van der Waals surface area (Å²) in [5, 5.41) is 19.1. The maximum atomic E-state index is 12.0. The second kappa shape index (κ2) is 9.40. The van der Waals surface area contributed by atoms with Crippen molar-refractivity contribution in [2.45, 2.75) is 57.5 Å². The van der Waals surface area contributed by atoms with Gasteiger partial charge in [-0.3, -0.25) is 4.68 Å². The van der Waals surface area contributed by atoms with Gasteiger partial charge in [-0.05, 0) is 31.6 Å². The molecule has 7 nitrogen and oxygen atoms in total. The van der Waals surface area contributed by atoms with Crippen LogP contribution in [0.2, 0.25) is 0 Å². The minimum absolute atomic E-state index is 0.0839. The van der Waals surface area contributed by atoms with Crippen LogP contribution in [0.25, 0.3) is 0 Å². The number of hydrogen-bond acceptors (Lipinski definition) is 4. The fourth-order valence-corrected chi connectivity index (χ4v) is 3.11. The normalized spacial score (nSPS) is 17.1. The van der Waals surface area contributed by atoms with E-state index in [1.165, 1.54) is 25.6 Å². The molecule has 1 aliphatic rings. The van der Waals surface area contributed by atoms with Crippen LogP contribution in [-0.2, 0) is 6.54 Å². The van der Waals surface area contributed by atoms with E-state index >= 15 is 0 Å². The Balaban J connectivity index is 1.66. The van der Waals surface area contributed by atoms with Gasteiger partial charge in [0.15, 0.2) is 0 Å². The molecule has 1 aromatic rings. The molecule has 0 aliphatic heterocycles. The van der Waals surface area contributed by atoms with Crippen molar-refractivity contribution >= 4 is 6.03 Å². The summed E-state index contributed by atoms with van der Waals surface area (Å²) in [6.07, 6.45) is 10.7. The molecule has 1 unspecified atom stereocenters. The zero-order valence-corrected chi connectivity index (χ0v) is 13.1. The standard InChI is InChI=1S/C15H27N5O2/c21-10-7-14(13-5-2-1-3-6-13)19-15(22)17-8-4-9-20-12-16-11-18-20/h11-14,21H,1-10H2,(H2,17,19,22). The molecule has 2 amide bonds. The van der Waals surface area contributed by atoms with Gasteiger partial charge >= 0.3 is 6.03 Å². The van der Waals surface area contributed by atoms with Crippen LogP contribution >= 0.6 is 0 Å². The molecule has 7 heteroatoms. The van der Waals surface area contributed by atoms with Crippen molar-refractivity contribution in [3.8, 4) is 0 Å². The Bertz CT molecular complexity index is 418. The molecule has 124 valence electrons. The number of nitrogens with zero attached hydrogens (tertiary/aromatic N) is 3. The Morgan fingerprint density at radius 3 is 2.86 bits per heavy atom. The molecular formula is C15H27N5O2. The van der Waals surface area contributed by atoms with Crippen molar-refractivity contribution < 1.29 is 9.90 Å². The Labute approximate surface area is 131 Å².